The molecule has 0 bridgehead atoms. The van der Waals surface area contributed by atoms with E-state index in [4.69, 9.17) is 0 Å². The van der Waals surface area contributed by atoms with Crippen LogP contribution in [0.2, 0.25) is 0 Å². The zero-order valence-electron chi connectivity index (χ0n) is 10.3. The predicted molar refractivity (Wildman–Crippen MR) is 74.3 cm³/mol. The van der Waals surface area contributed by atoms with Crippen LogP contribution in [0, 0.1) is 0 Å². The third-order valence-corrected chi connectivity index (χ3v) is 4.43. The second-order valence-corrected chi connectivity index (χ2v) is 5.74. The molecule has 0 saturated heterocycles. The van der Waals surface area contributed by atoms with Crippen LogP contribution in [0.25, 0.3) is 11.6 Å². The van der Waals surface area contributed by atoms with Gasteiger partial charge in [0.2, 0.25) is 0 Å². The molecule has 2 aromatic heterocycles. The highest BCUT2D eigenvalue weighted by Crippen LogP contribution is 2.38. The molecule has 4 heteroatoms. The van der Waals surface area contributed by atoms with Gasteiger partial charge in [-0.2, -0.15) is 0 Å². The second-order valence-electron chi connectivity index (χ2n) is 4.65. The van der Waals surface area contributed by atoms with Crippen molar-refractivity contribution < 1.29 is 0 Å². The average Bonchev–Trinajstić information content (AvgIpc) is 2.76. The van der Waals surface area contributed by atoms with Crippen LogP contribution in [0.3, 0.4) is 0 Å². The fourth-order valence-corrected chi connectivity index (χ4v) is 3.09. The van der Waals surface area contributed by atoms with E-state index < -0.39 is 0 Å². The number of thiazole rings is 1. The molecule has 0 unspecified atom stereocenters. The molecule has 3 nitrogen and oxygen atoms in total. The highest BCUT2D eigenvalue weighted by molar-refractivity contribution is 7.12. The highest BCUT2D eigenvalue weighted by atomic mass is 32.1. The zero-order chi connectivity index (χ0) is 12.4. The van der Waals surface area contributed by atoms with Crippen molar-refractivity contribution >= 4 is 23.0 Å². The van der Waals surface area contributed by atoms with E-state index in [9.17, 15) is 0 Å². The number of aromatic nitrogens is 3. The van der Waals surface area contributed by atoms with E-state index in [0.717, 1.165) is 11.3 Å². The van der Waals surface area contributed by atoms with E-state index in [-0.39, 0.29) is 0 Å². The molecule has 92 valence electrons. The number of rotatable bonds is 3. The summed E-state index contributed by atoms with van der Waals surface area (Å²) in [6.45, 7) is 2.06. The summed E-state index contributed by atoms with van der Waals surface area (Å²) in [6, 6.07) is 0. The van der Waals surface area contributed by atoms with E-state index in [0.29, 0.717) is 5.92 Å². The smallest absolute Gasteiger partial charge is 0.0961 e. The topological polar surface area (TPSA) is 38.7 Å². The van der Waals surface area contributed by atoms with Crippen LogP contribution in [0.4, 0.5) is 0 Å². The Morgan fingerprint density at radius 3 is 2.83 bits per heavy atom. The lowest BCUT2D eigenvalue weighted by Gasteiger charge is -2.22. The summed E-state index contributed by atoms with van der Waals surface area (Å²) in [4.78, 5) is 14.1. The fraction of sp³-hybridized carbons (Fsp3) is 0.357. The first kappa shape index (κ1) is 11.5. The lowest BCUT2D eigenvalue weighted by atomic mass is 9.86. The van der Waals surface area contributed by atoms with Gasteiger partial charge >= 0.3 is 0 Å². The molecule has 1 aliphatic rings. The third-order valence-electron chi connectivity index (χ3n) is 3.32. The minimum atomic E-state index is 0.717. The van der Waals surface area contributed by atoms with Crippen molar-refractivity contribution in [3.8, 4) is 0 Å². The first-order valence-electron chi connectivity index (χ1n) is 6.23. The number of hydrogen-bond donors (Lipinski definition) is 0. The van der Waals surface area contributed by atoms with Gasteiger partial charge in [0.05, 0.1) is 16.9 Å². The molecule has 2 aromatic rings. The Balaban J connectivity index is 1.80. The summed E-state index contributed by atoms with van der Waals surface area (Å²) >= 11 is 1.80. The van der Waals surface area contributed by atoms with Crippen LogP contribution >= 0.6 is 11.3 Å². The number of hydrogen-bond acceptors (Lipinski definition) is 4. The Bertz CT molecular complexity index is 555. The summed E-state index contributed by atoms with van der Waals surface area (Å²) in [6.07, 6.45) is 13.3. The molecule has 1 fully saturated rings. The van der Waals surface area contributed by atoms with Gasteiger partial charge in [0.15, 0.2) is 0 Å². The molecular weight excluding hydrogens is 242 g/mol. The molecule has 1 saturated carbocycles. The molecule has 1 aliphatic carbocycles. The minimum absolute atomic E-state index is 0.717. The van der Waals surface area contributed by atoms with E-state index in [2.05, 4.69) is 28.0 Å². The molecule has 0 N–H and O–H groups in total. The van der Waals surface area contributed by atoms with Gasteiger partial charge in [-0.25, -0.2) is 4.98 Å². The van der Waals surface area contributed by atoms with Crippen LogP contribution in [-0.2, 0) is 0 Å². The monoisotopic (exact) mass is 257 g/mol. The quantitative estimate of drug-likeness (QED) is 0.840. The van der Waals surface area contributed by atoms with Crippen molar-refractivity contribution in [2.75, 3.05) is 0 Å². The van der Waals surface area contributed by atoms with Crippen molar-refractivity contribution in [2.24, 2.45) is 0 Å². The minimum Gasteiger partial charge on any atom is -0.261 e. The van der Waals surface area contributed by atoms with E-state index >= 15 is 0 Å². The fourth-order valence-electron chi connectivity index (χ4n) is 2.00. The number of allylic oxidation sites excluding steroid dienone is 1. The van der Waals surface area contributed by atoms with Gasteiger partial charge in [0, 0.05) is 29.4 Å². The summed E-state index contributed by atoms with van der Waals surface area (Å²) in [5.74, 6) is 0.717. The van der Waals surface area contributed by atoms with Crippen LogP contribution in [0.15, 0.2) is 24.8 Å². The Hall–Kier alpha value is -1.55. The van der Waals surface area contributed by atoms with Crippen molar-refractivity contribution in [3.63, 3.8) is 0 Å². The van der Waals surface area contributed by atoms with E-state index in [1.807, 2.05) is 6.20 Å². The molecule has 2 heterocycles. The largest absolute Gasteiger partial charge is 0.261 e. The summed E-state index contributed by atoms with van der Waals surface area (Å²) in [5, 5.41) is 1.29. The summed E-state index contributed by atoms with van der Waals surface area (Å²) in [5.41, 5.74) is 2.06. The van der Waals surface area contributed by atoms with E-state index in [1.165, 1.54) is 29.1 Å². The Labute approximate surface area is 111 Å². The van der Waals surface area contributed by atoms with Crippen LogP contribution in [-0.4, -0.2) is 15.0 Å². The summed E-state index contributed by atoms with van der Waals surface area (Å²) < 4.78 is 0. The maximum absolute atomic E-state index is 4.52. The highest BCUT2D eigenvalue weighted by Gasteiger charge is 2.22. The van der Waals surface area contributed by atoms with Crippen molar-refractivity contribution in [2.45, 2.75) is 32.1 Å². The van der Waals surface area contributed by atoms with Gasteiger partial charge in [-0.05, 0) is 31.4 Å². The van der Waals surface area contributed by atoms with E-state index in [1.54, 1.807) is 29.9 Å². The predicted octanol–water partition coefficient (Wildman–Crippen LogP) is 3.76. The lowest BCUT2D eigenvalue weighted by molar-refractivity contribution is 0.418. The maximum atomic E-state index is 4.52. The van der Waals surface area contributed by atoms with Crippen LogP contribution in [0.5, 0.6) is 0 Å². The lowest BCUT2D eigenvalue weighted by Crippen LogP contribution is -2.07. The van der Waals surface area contributed by atoms with Crippen molar-refractivity contribution in [3.05, 3.63) is 40.4 Å². The van der Waals surface area contributed by atoms with Gasteiger partial charge in [-0.15, -0.1) is 11.3 Å². The number of nitrogens with zero attached hydrogens (tertiary/aromatic N) is 3. The van der Waals surface area contributed by atoms with Crippen LogP contribution in [0.1, 0.15) is 47.7 Å². The summed E-state index contributed by atoms with van der Waals surface area (Å²) in [7, 11) is 0. The van der Waals surface area contributed by atoms with Crippen LogP contribution < -0.4 is 0 Å². The molecule has 0 amide bonds. The second kappa shape index (κ2) is 4.98. The zero-order valence-corrected chi connectivity index (χ0v) is 11.2. The normalized spacial score (nSPS) is 16.6. The van der Waals surface area contributed by atoms with Crippen molar-refractivity contribution in [1.29, 1.82) is 0 Å². The molecule has 0 aromatic carbocycles. The first-order valence-corrected chi connectivity index (χ1v) is 7.05. The average molecular weight is 257 g/mol. The standard InChI is InChI=1S/C14H15N3S/c1-10(13-9-15-5-6-16-13)7-12-8-17-14(18-12)11-3-2-4-11/h5-9,11H,2-4H2,1H3. The van der Waals surface area contributed by atoms with Gasteiger partial charge in [-0.1, -0.05) is 6.42 Å². The molecule has 0 atom stereocenters. The Kier molecular flexibility index (Phi) is 3.19. The van der Waals surface area contributed by atoms with Gasteiger partial charge in [0.25, 0.3) is 0 Å². The van der Waals surface area contributed by atoms with Gasteiger partial charge < -0.3 is 0 Å². The molecule has 0 aliphatic heterocycles. The Morgan fingerprint density at radius 1 is 1.28 bits per heavy atom. The molecule has 0 radical (unpaired) electrons. The van der Waals surface area contributed by atoms with Crippen molar-refractivity contribution in [1.82, 2.24) is 15.0 Å². The molecule has 0 spiro atoms. The molecular formula is C14H15N3S. The SMILES string of the molecule is CC(=Cc1cnc(C2CCC2)s1)c1cnccn1. The third kappa shape index (κ3) is 2.34. The maximum Gasteiger partial charge on any atom is 0.0961 e. The Morgan fingerprint density at radius 2 is 2.17 bits per heavy atom. The first-order chi connectivity index (χ1) is 8.83. The van der Waals surface area contributed by atoms with Gasteiger partial charge in [-0.3, -0.25) is 9.97 Å². The molecule has 18 heavy (non-hydrogen) atoms. The van der Waals surface area contributed by atoms with Gasteiger partial charge in [0.1, 0.15) is 0 Å². The molecule has 3 rings (SSSR count).